The standard InChI is InChI=1S/C13H16O4/c1-2-15-13(14)9-17-12-6-4-3-5-10(12)7-11-8-16-11/h3-6,11H,2,7-9H2,1H3. The predicted octanol–water partition coefficient (Wildman–Crippen LogP) is 1.57. The Morgan fingerprint density at radius 2 is 2.24 bits per heavy atom. The smallest absolute Gasteiger partial charge is 0.344 e. The summed E-state index contributed by atoms with van der Waals surface area (Å²) in [4.78, 5) is 11.2. The second-order valence-electron chi connectivity index (χ2n) is 3.86. The molecule has 0 radical (unpaired) electrons. The number of epoxide rings is 1. The number of carbonyl (C=O) groups excluding carboxylic acids is 1. The van der Waals surface area contributed by atoms with Gasteiger partial charge in [0.25, 0.3) is 0 Å². The lowest BCUT2D eigenvalue weighted by Gasteiger charge is -2.09. The number of hydrogen-bond acceptors (Lipinski definition) is 4. The summed E-state index contributed by atoms with van der Waals surface area (Å²) in [5.41, 5.74) is 1.07. The topological polar surface area (TPSA) is 48.1 Å². The summed E-state index contributed by atoms with van der Waals surface area (Å²) in [6.45, 7) is 2.92. The van der Waals surface area contributed by atoms with E-state index in [4.69, 9.17) is 14.2 Å². The Morgan fingerprint density at radius 1 is 1.47 bits per heavy atom. The van der Waals surface area contributed by atoms with Crippen molar-refractivity contribution in [2.45, 2.75) is 19.4 Å². The summed E-state index contributed by atoms with van der Waals surface area (Å²) in [6.07, 6.45) is 1.14. The number of hydrogen-bond donors (Lipinski definition) is 0. The van der Waals surface area contributed by atoms with Gasteiger partial charge in [-0.1, -0.05) is 18.2 Å². The van der Waals surface area contributed by atoms with Crippen LogP contribution in [0.4, 0.5) is 0 Å². The molecule has 1 aromatic carbocycles. The minimum atomic E-state index is -0.343. The quantitative estimate of drug-likeness (QED) is 0.555. The van der Waals surface area contributed by atoms with Crippen molar-refractivity contribution in [2.75, 3.05) is 19.8 Å². The molecular weight excluding hydrogens is 220 g/mol. The van der Waals surface area contributed by atoms with Crippen molar-refractivity contribution in [3.8, 4) is 5.75 Å². The van der Waals surface area contributed by atoms with Crippen molar-refractivity contribution >= 4 is 5.97 Å². The lowest BCUT2D eigenvalue weighted by molar-refractivity contribution is -0.145. The number of ether oxygens (including phenoxy) is 3. The maximum Gasteiger partial charge on any atom is 0.344 e. The molecule has 0 saturated carbocycles. The number of benzene rings is 1. The van der Waals surface area contributed by atoms with Crippen molar-refractivity contribution < 1.29 is 19.0 Å². The molecule has 1 unspecified atom stereocenters. The highest BCUT2D eigenvalue weighted by Gasteiger charge is 2.24. The van der Waals surface area contributed by atoms with E-state index in [1.54, 1.807) is 6.92 Å². The van der Waals surface area contributed by atoms with E-state index < -0.39 is 0 Å². The van der Waals surface area contributed by atoms with Gasteiger partial charge in [-0.15, -0.1) is 0 Å². The predicted molar refractivity (Wildman–Crippen MR) is 62.0 cm³/mol. The minimum absolute atomic E-state index is 0.0453. The molecule has 0 aliphatic carbocycles. The zero-order valence-electron chi connectivity index (χ0n) is 9.85. The normalized spacial score (nSPS) is 17.6. The molecule has 0 aromatic heterocycles. The van der Waals surface area contributed by atoms with Gasteiger partial charge in [0.2, 0.25) is 0 Å². The van der Waals surface area contributed by atoms with Gasteiger partial charge in [-0.2, -0.15) is 0 Å². The molecule has 4 heteroatoms. The summed E-state index contributed by atoms with van der Waals surface area (Å²) >= 11 is 0. The molecule has 2 rings (SSSR count). The first-order valence-corrected chi connectivity index (χ1v) is 5.77. The van der Waals surface area contributed by atoms with Crippen LogP contribution in [0.1, 0.15) is 12.5 Å². The second-order valence-corrected chi connectivity index (χ2v) is 3.86. The van der Waals surface area contributed by atoms with Crippen molar-refractivity contribution in [1.29, 1.82) is 0 Å². The molecule has 17 heavy (non-hydrogen) atoms. The van der Waals surface area contributed by atoms with Gasteiger partial charge in [0, 0.05) is 6.42 Å². The van der Waals surface area contributed by atoms with E-state index in [2.05, 4.69) is 0 Å². The monoisotopic (exact) mass is 236 g/mol. The lowest BCUT2D eigenvalue weighted by atomic mass is 10.1. The molecule has 1 saturated heterocycles. The van der Waals surface area contributed by atoms with Gasteiger partial charge in [0.05, 0.1) is 19.3 Å². The highest BCUT2D eigenvalue weighted by molar-refractivity contribution is 5.71. The maximum atomic E-state index is 11.2. The first-order chi connectivity index (χ1) is 8.29. The molecule has 4 nitrogen and oxygen atoms in total. The van der Waals surface area contributed by atoms with Gasteiger partial charge in [-0.25, -0.2) is 4.79 Å². The van der Waals surface area contributed by atoms with Crippen LogP contribution < -0.4 is 4.74 Å². The molecule has 0 spiro atoms. The van der Waals surface area contributed by atoms with Crippen molar-refractivity contribution in [2.24, 2.45) is 0 Å². The molecule has 0 bridgehead atoms. The van der Waals surface area contributed by atoms with Crippen LogP contribution in [0.5, 0.6) is 5.75 Å². The largest absolute Gasteiger partial charge is 0.482 e. The highest BCUT2D eigenvalue weighted by atomic mass is 16.6. The lowest BCUT2D eigenvalue weighted by Crippen LogP contribution is -2.15. The fourth-order valence-electron chi connectivity index (χ4n) is 1.58. The van der Waals surface area contributed by atoms with Gasteiger partial charge in [0.15, 0.2) is 6.61 Å². The fourth-order valence-corrected chi connectivity index (χ4v) is 1.58. The molecule has 92 valence electrons. The zero-order chi connectivity index (χ0) is 12.1. The van der Waals surface area contributed by atoms with Gasteiger partial charge < -0.3 is 14.2 Å². The van der Waals surface area contributed by atoms with Crippen molar-refractivity contribution in [3.63, 3.8) is 0 Å². The Balaban J connectivity index is 1.91. The average Bonchev–Trinajstić information content (AvgIpc) is 3.12. The molecule has 1 aromatic rings. The van der Waals surface area contributed by atoms with Gasteiger partial charge in [-0.3, -0.25) is 0 Å². The summed E-state index contributed by atoms with van der Waals surface area (Å²) in [5, 5.41) is 0. The third kappa shape index (κ3) is 3.75. The summed E-state index contributed by atoms with van der Waals surface area (Å²) in [6, 6.07) is 7.69. The maximum absolute atomic E-state index is 11.2. The van der Waals surface area contributed by atoms with Gasteiger partial charge in [0.1, 0.15) is 5.75 Å². The van der Waals surface area contributed by atoms with E-state index in [1.807, 2.05) is 24.3 Å². The van der Waals surface area contributed by atoms with Crippen LogP contribution in [0.15, 0.2) is 24.3 Å². The molecule has 0 N–H and O–H groups in total. The van der Waals surface area contributed by atoms with E-state index in [-0.39, 0.29) is 12.6 Å². The van der Waals surface area contributed by atoms with Gasteiger partial charge in [-0.05, 0) is 18.6 Å². The molecule has 1 atom stereocenters. The van der Waals surface area contributed by atoms with Crippen molar-refractivity contribution in [3.05, 3.63) is 29.8 Å². The van der Waals surface area contributed by atoms with Crippen LogP contribution in [-0.4, -0.2) is 31.9 Å². The molecule has 1 heterocycles. The van der Waals surface area contributed by atoms with E-state index >= 15 is 0 Å². The molecule has 1 aliphatic heterocycles. The third-order valence-corrected chi connectivity index (χ3v) is 2.47. The third-order valence-electron chi connectivity index (χ3n) is 2.47. The Hall–Kier alpha value is -1.55. The molecule has 1 aliphatic rings. The SMILES string of the molecule is CCOC(=O)COc1ccccc1CC1CO1. The first-order valence-electron chi connectivity index (χ1n) is 5.77. The van der Waals surface area contributed by atoms with Gasteiger partial charge >= 0.3 is 5.97 Å². The highest BCUT2D eigenvalue weighted by Crippen LogP contribution is 2.24. The Bertz CT molecular complexity index is 385. The van der Waals surface area contributed by atoms with E-state index in [9.17, 15) is 4.79 Å². The van der Waals surface area contributed by atoms with Crippen LogP contribution in [0, 0.1) is 0 Å². The average molecular weight is 236 g/mol. The van der Waals surface area contributed by atoms with Crippen LogP contribution in [0.3, 0.4) is 0 Å². The minimum Gasteiger partial charge on any atom is -0.482 e. The first kappa shape index (κ1) is 11.9. The molecular formula is C13H16O4. The summed E-state index contributed by atoms with van der Waals surface area (Å²) in [7, 11) is 0. The van der Waals surface area contributed by atoms with E-state index in [0.29, 0.717) is 12.7 Å². The van der Waals surface area contributed by atoms with E-state index in [0.717, 1.165) is 24.3 Å². The van der Waals surface area contributed by atoms with Crippen LogP contribution in [-0.2, 0) is 20.7 Å². The zero-order valence-corrected chi connectivity index (χ0v) is 9.85. The summed E-state index contributed by atoms with van der Waals surface area (Å²) < 4.78 is 15.4. The number of para-hydroxylation sites is 1. The van der Waals surface area contributed by atoms with Crippen molar-refractivity contribution in [1.82, 2.24) is 0 Å². The molecule has 1 fully saturated rings. The number of carbonyl (C=O) groups is 1. The Morgan fingerprint density at radius 3 is 2.94 bits per heavy atom. The van der Waals surface area contributed by atoms with Crippen LogP contribution in [0.2, 0.25) is 0 Å². The Labute approximate surface area is 100 Å². The fraction of sp³-hybridized carbons (Fsp3) is 0.462. The summed E-state index contributed by atoms with van der Waals surface area (Å²) in [5.74, 6) is 0.390. The van der Waals surface area contributed by atoms with Crippen LogP contribution in [0.25, 0.3) is 0 Å². The Kier molecular flexibility index (Phi) is 3.98. The van der Waals surface area contributed by atoms with Crippen LogP contribution >= 0.6 is 0 Å². The second kappa shape index (κ2) is 5.68. The molecule has 0 amide bonds. The van der Waals surface area contributed by atoms with E-state index in [1.165, 1.54) is 0 Å². The number of rotatable bonds is 6. The number of esters is 1.